The highest BCUT2D eigenvalue weighted by molar-refractivity contribution is 5.79. The number of aliphatic carboxylic acids is 1. The van der Waals surface area contributed by atoms with Crippen LogP contribution < -0.4 is 0 Å². The molecule has 3 aliphatic rings. The second-order valence-electron chi connectivity index (χ2n) is 7.70. The largest absolute Gasteiger partial charge is 0.481 e. The van der Waals surface area contributed by atoms with Crippen LogP contribution in [0.3, 0.4) is 0 Å². The van der Waals surface area contributed by atoms with Gasteiger partial charge >= 0.3 is 12.1 Å². The number of rotatable bonds is 3. The topological polar surface area (TPSA) is 66.8 Å². The summed E-state index contributed by atoms with van der Waals surface area (Å²) in [5, 5.41) is 9.20. The summed E-state index contributed by atoms with van der Waals surface area (Å²) >= 11 is 0. The first-order chi connectivity index (χ1) is 13.1. The molecule has 27 heavy (non-hydrogen) atoms. The molecule has 1 heterocycles. The van der Waals surface area contributed by atoms with E-state index < -0.39 is 5.97 Å². The highest BCUT2D eigenvalue weighted by Gasteiger charge is 2.53. The van der Waals surface area contributed by atoms with Crippen LogP contribution in [0.4, 0.5) is 4.79 Å². The summed E-state index contributed by atoms with van der Waals surface area (Å²) in [6.07, 6.45) is 0.990. The second kappa shape index (κ2) is 6.12. The Balaban J connectivity index is 1.30. The van der Waals surface area contributed by atoms with Crippen molar-refractivity contribution in [1.82, 2.24) is 4.90 Å². The molecule has 2 fully saturated rings. The van der Waals surface area contributed by atoms with E-state index in [1.54, 1.807) is 4.90 Å². The Morgan fingerprint density at radius 3 is 2.30 bits per heavy atom. The minimum Gasteiger partial charge on any atom is -0.481 e. The van der Waals surface area contributed by atoms with Gasteiger partial charge in [0, 0.05) is 18.5 Å². The van der Waals surface area contributed by atoms with Gasteiger partial charge in [0.1, 0.15) is 6.61 Å². The Bertz CT molecular complexity index is 879. The Morgan fingerprint density at radius 2 is 1.67 bits per heavy atom. The molecule has 1 saturated heterocycles. The summed E-state index contributed by atoms with van der Waals surface area (Å²) in [6.45, 7) is 0.902. The van der Waals surface area contributed by atoms with Gasteiger partial charge in [0.2, 0.25) is 0 Å². The van der Waals surface area contributed by atoms with Gasteiger partial charge in [-0.2, -0.15) is 0 Å². The molecule has 3 atom stereocenters. The van der Waals surface area contributed by atoms with E-state index >= 15 is 0 Å². The minimum absolute atomic E-state index is 0.0294. The minimum atomic E-state index is -0.745. The lowest BCUT2D eigenvalue weighted by Crippen LogP contribution is -2.50. The van der Waals surface area contributed by atoms with E-state index in [9.17, 15) is 14.7 Å². The fourth-order valence-corrected chi connectivity index (χ4v) is 5.08. The van der Waals surface area contributed by atoms with Gasteiger partial charge in [-0.05, 0) is 41.0 Å². The van der Waals surface area contributed by atoms with Crippen LogP contribution in [0.15, 0.2) is 48.5 Å². The Morgan fingerprint density at radius 1 is 1.04 bits per heavy atom. The van der Waals surface area contributed by atoms with Crippen molar-refractivity contribution in [3.8, 4) is 11.1 Å². The summed E-state index contributed by atoms with van der Waals surface area (Å²) in [6, 6.07) is 16.6. The summed E-state index contributed by atoms with van der Waals surface area (Å²) in [7, 11) is 0. The molecule has 1 saturated carbocycles. The molecule has 0 aromatic heterocycles. The van der Waals surface area contributed by atoms with Crippen LogP contribution in [-0.2, 0) is 9.53 Å². The van der Waals surface area contributed by atoms with Gasteiger partial charge in [-0.15, -0.1) is 0 Å². The SMILES string of the molecule is O=C(O)C1CC2C1CCN2C(=O)OCC1c2ccccc2-c2ccccc21. The third kappa shape index (κ3) is 2.45. The van der Waals surface area contributed by atoms with Gasteiger partial charge in [0.15, 0.2) is 0 Å². The Labute approximate surface area is 157 Å². The zero-order valence-electron chi connectivity index (χ0n) is 14.9. The molecule has 1 N–H and O–H groups in total. The number of carboxylic acids is 1. The highest BCUT2D eigenvalue weighted by Crippen LogP contribution is 2.47. The fourth-order valence-electron chi connectivity index (χ4n) is 5.08. The maximum absolute atomic E-state index is 12.6. The molecule has 3 unspecified atom stereocenters. The van der Waals surface area contributed by atoms with Gasteiger partial charge in [-0.25, -0.2) is 4.79 Å². The molecule has 5 rings (SSSR count). The van der Waals surface area contributed by atoms with Gasteiger partial charge in [-0.3, -0.25) is 4.79 Å². The normalized spacial score (nSPS) is 25.3. The number of likely N-dealkylation sites (tertiary alicyclic amines) is 1. The van der Waals surface area contributed by atoms with Crippen molar-refractivity contribution in [2.45, 2.75) is 24.8 Å². The van der Waals surface area contributed by atoms with E-state index in [-0.39, 0.29) is 29.9 Å². The van der Waals surface area contributed by atoms with Gasteiger partial charge < -0.3 is 14.7 Å². The first-order valence-corrected chi connectivity index (χ1v) is 9.49. The van der Waals surface area contributed by atoms with E-state index in [1.807, 2.05) is 24.3 Å². The number of carbonyl (C=O) groups excluding carboxylic acids is 1. The van der Waals surface area contributed by atoms with Gasteiger partial charge in [0.25, 0.3) is 0 Å². The van der Waals surface area contributed by atoms with Crippen molar-refractivity contribution < 1.29 is 19.4 Å². The van der Waals surface area contributed by atoms with Gasteiger partial charge in [0.05, 0.1) is 5.92 Å². The molecule has 0 bridgehead atoms. The quantitative estimate of drug-likeness (QED) is 0.902. The number of fused-ring (bicyclic) bond motifs is 4. The van der Waals surface area contributed by atoms with Crippen LogP contribution in [-0.4, -0.2) is 41.3 Å². The average molecular weight is 363 g/mol. The number of nitrogens with zero attached hydrogens (tertiary/aromatic N) is 1. The smallest absolute Gasteiger partial charge is 0.410 e. The van der Waals surface area contributed by atoms with E-state index in [0.717, 1.165) is 6.42 Å². The number of ether oxygens (including phenoxy) is 1. The van der Waals surface area contributed by atoms with Crippen molar-refractivity contribution in [3.05, 3.63) is 59.7 Å². The standard InChI is InChI=1S/C22H21NO4/c24-21(25)18-11-20-17(18)9-10-23(20)22(26)27-12-19-15-7-3-1-5-13(15)14-6-2-4-8-16(14)19/h1-8,17-20H,9-12H2,(H,24,25). The number of amides is 1. The molecule has 5 heteroatoms. The molecule has 2 aromatic rings. The Hall–Kier alpha value is -2.82. The van der Waals surface area contributed by atoms with Crippen LogP contribution in [0, 0.1) is 11.8 Å². The van der Waals surface area contributed by atoms with E-state index in [0.29, 0.717) is 19.6 Å². The van der Waals surface area contributed by atoms with Gasteiger partial charge in [-0.1, -0.05) is 48.5 Å². The first-order valence-electron chi connectivity index (χ1n) is 9.49. The highest BCUT2D eigenvalue weighted by atomic mass is 16.6. The van der Waals surface area contributed by atoms with Crippen LogP contribution in [0.25, 0.3) is 11.1 Å². The van der Waals surface area contributed by atoms with Crippen LogP contribution in [0.1, 0.15) is 29.9 Å². The van der Waals surface area contributed by atoms with Crippen molar-refractivity contribution >= 4 is 12.1 Å². The zero-order chi connectivity index (χ0) is 18.5. The molecule has 5 nitrogen and oxygen atoms in total. The second-order valence-corrected chi connectivity index (χ2v) is 7.70. The third-order valence-electron chi connectivity index (χ3n) is 6.50. The van der Waals surface area contributed by atoms with Crippen molar-refractivity contribution in [1.29, 1.82) is 0 Å². The van der Waals surface area contributed by atoms with E-state index in [1.165, 1.54) is 22.3 Å². The number of benzene rings is 2. The lowest BCUT2D eigenvalue weighted by molar-refractivity contribution is -0.149. The molecule has 0 spiro atoms. The van der Waals surface area contributed by atoms with Crippen LogP contribution in [0.2, 0.25) is 0 Å². The maximum Gasteiger partial charge on any atom is 0.410 e. The molecule has 2 aliphatic carbocycles. The third-order valence-corrected chi connectivity index (χ3v) is 6.50. The number of carbonyl (C=O) groups is 2. The number of hydrogen-bond donors (Lipinski definition) is 1. The molecule has 0 radical (unpaired) electrons. The van der Waals surface area contributed by atoms with E-state index in [2.05, 4.69) is 24.3 Å². The van der Waals surface area contributed by atoms with E-state index in [4.69, 9.17) is 4.74 Å². The first kappa shape index (κ1) is 16.4. The molecule has 1 amide bonds. The monoisotopic (exact) mass is 363 g/mol. The molecular formula is C22H21NO4. The Kier molecular flexibility index (Phi) is 3.71. The summed E-state index contributed by atoms with van der Waals surface area (Å²) in [4.78, 5) is 25.6. The van der Waals surface area contributed by atoms with Crippen LogP contribution >= 0.6 is 0 Å². The molecule has 2 aromatic carbocycles. The zero-order valence-corrected chi connectivity index (χ0v) is 14.9. The molecule has 138 valence electrons. The van der Waals surface area contributed by atoms with Crippen molar-refractivity contribution in [3.63, 3.8) is 0 Å². The molecular weight excluding hydrogens is 342 g/mol. The summed E-state index contributed by atoms with van der Waals surface area (Å²) in [5.74, 6) is -0.914. The van der Waals surface area contributed by atoms with Crippen molar-refractivity contribution in [2.24, 2.45) is 11.8 Å². The van der Waals surface area contributed by atoms with Crippen LogP contribution in [0.5, 0.6) is 0 Å². The predicted octanol–water partition coefficient (Wildman–Crippen LogP) is 3.73. The lowest BCUT2D eigenvalue weighted by atomic mass is 9.70. The predicted molar refractivity (Wildman–Crippen MR) is 99.4 cm³/mol. The number of carboxylic acid groups (broad SMARTS) is 1. The summed E-state index contributed by atoms with van der Waals surface area (Å²) in [5.41, 5.74) is 4.80. The number of hydrogen-bond acceptors (Lipinski definition) is 3. The fraction of sp³-hybridized carbons (Fsp3) is 0.364. The average Bonchev–Trinajstić information content (AvgIpc) is 3.15. The van der Waals surface area contributed by atoms with Crippen molar-refractivity contribution in [2.75, 3.05) is 13.2 Å². The summed E-state index contributed by atoms with van der Waals surface area (Å²) < 4.78 is 5.71. The lowest BCUT2D eigenvalue weighted by Gasteiger charge is -2.40. The molecule has 1 aliphatic heterocycles. The maximum atomic E-state index is 12.6.